The lowest BCUT2D eigenvalue weighted by Gasteiger charge is -2.42. The van der Waals surface area contributed by atoms with Crippen LogP contribution in [-0.2, 0) is 14.2 Å². The number of ether oxygens (including phenoxy) is 3. The lowest BCUT2D eigenvalue weighted by atomic mass is 9.99. The maximum atomic E-state index is 9.77. The van der Waals surface area contributed by atoms with Crippen molar-refractivity contribution in [1.82, 2.24) is 0 Å². The van der Waals surface area contributed by atoms with Gasteiger partial charge < -0.3 is 50.0 Å². The fourth-order valence-electron chi connectivity index (χ4n) is 2.21. The molecule has 10 nitrogen and oxygen atoms in total. The standard InChI is InChI=1S/C11H20O10/c12-1-4-6(15)7(16)9(18)11(20-4)21-10-8(17)5(14)3(13)2-19-10/h3-18H,1-2H2/t3-,4-,5-,6-,7+,8+,9-,10+,11-/m1/s1. The maximum Gasteiger partial charge on any atom is 0.189 e. The molecule has 0 saturated carbocycles. The lowest BCUT2D eigenvalue weighted by molar-refractivity contribution is -0.365. The monoisotopic (exact) mass is 312 g/mol. The second-order valence-electron chi connectivity index (χ2n) is 5.08. The van der Waals surface area contributed by atoms with E-state index in [1.165, 1.54) is 0 Å². The molecule has 0 bridgehead atoms. The Labute approximate surface area is 119 Å². The van der Waals surface area contributed by atoms with Crippen LogP contribution in [0.5, 0.6) is 0 Å². The summed E-state index contributed by atoms with van der Waals surface area (Å²) in [5.41, 5.74) is 0. The smallest absolute Gasteiger partial charge is 0.189 e. The zero-order valence-corrected chi connectivity index (χ0v) is 11.0. The van der Waals surface area contributed by atoms with E-state index in [0.29, 0.717) is 0 Å². The van der Waals surface area contributed by atoms with Crippen LogP contribution in [0.25, 0.3) is 0 Å². The molecule has 2 aliphatic rings. The third-order valence-electron chi connectivity index (χ3n) is 3.57. The molecule has 9 atom stereocenters. The second kappa shape index (κ2) is 6.79. The molecule has 124 valence electrons. The predicted molar refractivity (Wildman–Crippen MR) is 62.6 cm³/mol. The number of hydrogen-bond donors (Lipinski definition) is 7. The fourth-order valence-corrected chi connectivity index (χ4v) is 2.21. The van der Waals surface area contributed by atoms with Gasteiger partial charge in [0, 0.05) is 0 Å². The molecule has 0 aliphatic carbocycles. The van der Waals surface area contributed by atoms with Gasteiger partial charge in [0.25, 0.3) is 0 Å². The van der Waals surface area contributed by atoms with Gasteiger partial charge in [-0.25, -0.2) is 0 Å². The van der Waals surface area contributed by atoms with Crippen molar-refractivity contribution in [2.24, 2.45) is 0 Å². The Morgan fingerprint density at radius 3 is 2.05 bits per heavy atom. The van der Waals surface area contributed by atoms with Gasteiger partial charge in [0.05, 0.1) is 13.2 Å². The summed E-state index contributed by atoms with van der Waals surface area (Å²) in [6.07, 6.45) is -13.3. The van der Waals surface area contributed by atoms with E-state index in [-0.39, 0.29) is 6.61 Å². The van der Waals surface area contributed by atoms with Crippen molar-refractivity contribution in [3.63, 3.8) is 0 Å². The lowest BCUT2D eigenvalue weighted by Crippen LogP contribution is -2.62. The molecule has 0 aromatic rings. The molecule has 2 fully saturated rings. The first-order valence-electron chi connectivity index (χ1n) is 6.48. The van der Waals surface area contributed by atoms with Crippen LogP contribution < -0.4 is 0 Å². The van der Waals surface area contributed by atoms with E-state index in [1.807, 2.05) is 0 Å². The van der Waals surface area contributed by atoms with Gasteiger partial charge in [0.1, 0.15) is 42.7 Å². The molecule has 2 rings (SSSR count). The van der Waals surface area contributed by atoms with Gasteiger partial charge in [-0.2, -0.15) is 0 Å². The van der Waals surface area contributed by atoms with Gasteiger partial charge in [-0.05, 0) is 0 Å². The van der Waals surface area contributed by atoms with Crippen LogP contribution in [0.3, 0.4) is 0 Å². The van der Waals surface area contributed by atoms with Gasteiger partial charge in [-0.15, -0.1) is 0 Å². The summed E-state index contributed by atoms with van der Waals surface area (Å²) in [5.74, 6) is 0. The Kier molecular flexibility index (Phi) is 5.48. The number of rotatable bonds is 3. The van der Waals surface area contributed by atoms with Crippen molar-refractivity contribution in [2.75, 3.05) is 13.2 Å². The van der Waals surface area contributed by atoms with Crippen LogP contribution >= 0.6 is 0 Å². The zero-order valence-electron chi connectivity index (χ0n) is 11.0. The van der Waals surface area contributed by atoms with Gasteiger partial charge in [0.15, 0.2) is 12.6 Å². The topological polar surface area (TPSA) is 169 Å². The van der Waals surface area contributed by atoms with Crippen LogP contribution in [0, 0.1) is 0 Å². The minimum Gasteiger partial charge on any atom is -0.394 e. The molecule has 2 saturated heterocycles. The average Bonchev–Trinajstić information content (AvgIpc) is 2.48. The molecule has 0 spiro atoms. The van der Waals surface area contributed by atoms with Crippen LogP contribution in [0.1, 0.15) is 0 Å². The summed E-state index contributed by atoms with van der Waals surface area (Å²) in [4.78, 5) is 0. The summed E-state index contributed by atoms with van der Waals surface area (Å²) in [6, 6.07) is 0. The largest absolute Gasteiger partial charge is 0.394 e. The summed E-state index contributed by atoms with van der Waals surface area (Å²) >= 11 is 0. The first-order chi connectivity index (χ1) is 9.86. The van der Waals surface area contributed by atoms with Crippen molar-refractivity contribution in [3.8, 4) is 0 Å². The first-order valence-corrected chi connectivity index (χ1v) is 6.48. The molecule has 2 aliphatic heterocycles. The Hall–Kier alpha value is -0.400. The maximum absolute atomic E-state index is 9.77. The zero-order chi connectivity index (χ0) is 15.7. The Morgan fingerprint density at radius 1 is 0.810 bits per heavy atom. The van der Waals surface area contributed by atoms with E-state index in [0.717, 1.165) is 0 Å². The minimum absolute atomic E-state index is 0.305. The van der Waals surface area contributed by atoms with Crippen molar-refractivity contribution in [3.05, 3.63) is 0 Å². The quantitative estimate of drug-likeness (QED) is 0.268. The van der Waals surface area contributed by atoms with E-state index >= 15 is 0 Å². The molecule has 2 heterocycles. The fraction of sp³-hybridized carbons (Fsp3) is 1.00. The Balaban J connectivity index is 2.01. The van der Waals surface area contributed by atoms with Gasteiger partial charge >= 0.3 is 0 Å². The Bertz CT molecular complexity index is 339. The highest BCUT2D eigenvalue weighted by Crippen LogP contribution is 2.25. The van der Waals surface area contributed by atoms with E-state index in [2.05, 4.69) is 0 Å². The summed E-state index contributed by atoms with van der Waals surface area (Å²) in [6.45, 7) is -0.930. The van der Waals surface area contributed by atoms with Gasteiger partial charge in [-0.3, -0.25) is 0 Å². The van der Waals surface area contributed by atoms with Crippen molar-refractivity contribution >= 4 is 0 Å². The molecule has 21 heavy (non-hydrogen) atoms. The van der Waals surface area contributed by atoms with E-state index in [1.54, 1.807) is 0 Å². The predicted octanol–water partition coefficient (Wildman–Crippen LogP) is -4.76. The highest BCUT2D eigenvalue weighted by Gasteiger charge is 2.47. The molecule has 0 unspecified atom stereocenters. The summed E-state index contributed by atoms with van der Waals surface area (Å²) in [5, 5.41) is 66.5. The van der Waals surface area contributed by atoms with E-state index in [9.17, 15) is 30.6 Å². The normalized spacial score (nSPS) is 51.9. The third kappa shape index (κ3) is 3.35. The van der Waals surface area contributed by atoms with Crippen molar-refractivity contribution in [1.29, 1.82) is 0 Å². The second-order valence-corrected chi connectivity index (χ2v) is 5.08. The highest BCUT2D eigenvalue weighted by molar-refractivity contribution is 4.90. The molecule has 10 heteroatoms. The van der Waals surface area contributed by atoms with Crippen LogP contribution in [0.2, 0.25) is 0 Å². The molecule has 0 radical (unpaired) electrons. The summed E-state index contributed by atoms with van der Waals surface area (Å²) in [7, 11) is 0. The third-order valence-corrected chi connectivity index (χ3v) is 3.57. The molecule has 0 aromatic carbocycles. The SMILES string of the molecule is OC[C@H]1O[C@H](O[C@@H]2OC[C@@H](O)[C@@H](O)[C@@H]2O)[C@H](O)[C@@H](O)[C@@H]1O. The van der Waals surface area contributed by atoms with Crippen LogP contribution in [0.15, 0.2) is 0 Å². The van der Waals surface area contributed by atoms with E-state index < -0.39 is 61.9 Å². The summed E-state index contributed by atoms with van der Waals surface area (Å²) < 4.78 is 15.2. The first kappa shape index (κ1) is 17.0. The number of aliphatic hydroxyl groups is 7. The van der Waals surface area contributed by atoms with Crippen molar-refractivity contribution in [2.45, 2.75) is 55.3 Å². The molecular weight excluding hydrogens is 292 g/mol. The van der Waals surface area contributed by atoms with Gasteiger partial charge in [0.2, 0.25) is 0 Å². The van der Waals surface area contributed by atoms with Crippen LogP contribution in [-0.4, -0.2) is 104 Å². The number of aliphatic hydroxyl groups excluding tert-OH is 7. The van der Waals surface area contributed by atoms with Gasteiger partial charge in [-0.1, -0.05) is 0 Å². The molecule has 0 aromatic heterocycles. The highest BCUT2D eigenvalue weighted by atomic mass is 16.8. The molecular formula is C11H20O10. The minimum atomic E-state index is -1.65. The van der Waals surface area contributed by atoms with Crippen molar-refractivity contribution < 1.29 is 50.0 Å². The molecule has 0 amide bonds. The number of hydrogen-bond acceptors (Lipinski definition) is 10. The molecule has 7 N–H and O–H groups in total. The average molecular weight is 312 g/mol. The Morgan fingerprint density at radius 2 is 1.43 bits per heavy atom. The van der Waals surface area contributed by atoms with Crippen LogP contribution in [0.4, 0.5) is 0 Å². The van der Waals surface area contributed by atoms with E-state index in [4.69, 9.17) is 19.3 Å².